The van der Waals surface area contributed by atoms with Crippen LogP contribution in [-0.4, -0.2) is 15.9 Å². The number of hydrogen-bond donors (Lipinski definition) is 2. The van der Waals surface area contributed by atoms with Crippen molar-refractivity contribution in [2.75, 3.05) is 0 Å². The van der Waals surface area contributed by atoms with Gasteiger partial charge in [0.2, 0.25) is 0 Å². The van der Waals surface area contributed by atoms with Gasteiger partial charge in [0, 0.05) is 11.1 Å². The Hall–Kier alpha value is -1.66. The highest BCUT2D eigenvalue weighted by Gasteiger charge is 2.18. The SMILES string of the molecule is CC[C@H](NC(=O)c1c[nH]c(=O)c(Cl)c1)c1nc(C)c(C)s1. The quantitative estimate of drug-likeness (QED) is 0.907. The van der Waals surface area contributed by atoms with Crippen molar-refractivity contribution in [3.63, 3.8) is 0 Å². The zero-order valence-corrected chi connectivity index (χ0v) is 13.6. The maximum atomic E-state index is 12.2. The molecule has 0 aliphatic heterocycles. The molecule has 0 aromatic carbocycles. The van der Waals surface area contributed by atoms with E-state index in [0.717, 1.165) is 22.0 Å². The first-order valence-corrected chi connectivity index (χ1v) is 7.74. The van der Waals surface area contributed by atoms with Crippen LogP contribution in [0.25, 0.3) is 0 Å². The summed E-state index contributed by atoms with van der Waals surface area (Å²) in [4.78, 5) is 31.5. The zero-order chi connectivity index (χ0) is 15.6. The van der Waals surface area contributed by atoms with Crippen LogP contribution in [0.4, 0.5) is 0 Å². The number of amides is 1. The van der Waals surface area contributed by atoms with Gasteiger partial charge in [-0.25, -0.2) is 4.98 Å². The van der Waals surface area contributed by atoms with Crippen LogP contribution >= 0.6 is 22.9 Å². The van der Waals surface area contributed by atoms with Gasteiger partial charge in [-0.15, -0.1) is 11.3 Å². The summed E-state index contributed by atoms with van der Waals surface area (Å²) in [7, 11) is 0. The van der Waals surface area contributed by atoms with E-state index in [1.165, 1.54) is 12.3 Å². The molecule has 2 rings (SSSR count). The summed E-state index contributed by atoms with van der Waals surface area (Å²) in [5.41, 5.74) is 0.893. The minimum atomic E-state index is -0.411. The largest absolute Gasteiger partial charge is 0.343 e. The second-order valence-corrected chi connectivity index (χ2v) is 6.34. The van der Waals surface area contributed by atoms with Gasteiger partial charge >= 0.3 is 0 Å². The number of aryl methyl sites for hydroxylation is 2. The Kier molecular flexibility index (Phi) is 4.80. The number of carbonyl (C=O) groups excluding carboxylic acids is 1. The molecule has 2 aromatic rings. The van der Waals surface area contributed by atoms with Crippen LogP contribution in [0, 0.1) is 13.8 Å². The van der Waals surface area contributed by atoms with Crippen molar-refractivity contribution in [3.05, 3.63) is 48.8 Å². The van der Waals surface area contributed by atoms with Crippen LogP contribution in [-0.2, 0) is 0 Å². The molecule has 2 aromatic heterocycles. The Balaban J connectivity index is 2.19. The highest BCUT2D eigenvalue weighted by atomic mass is 35.5. The molecule has 1 atom stereocenters. The Labute approximate surface area is 131 Å². The number of hydrogen-bond acceptors (Lipinski definition) is 4. The number of carbonyl (C=O) groups is 1. The molecular weight excluding hydrogens is 310 g/mol. The first-order chi connectivity index (χ1) is 9.92. The van der Waals surface area contributed by atoms with E-state index in [1.807, 2.05) is 20.8 Å². The van der Waals surface area contributed by atoms with E-state index >= 15 is 0 Å². The van der Waals surface area contributed by atoms with E-state index in [0.29, 0.717) is 5.56 Å². The fourth-order valence-corrected chi connectivity index (χ4v) is 3.04. The summed E-state index contributed by atoms with van der Waals surface area (Å²) in [6.07, 6.45) is 2.09. The molecule has 0 fully saturated rings. The molecule has 0 bridgehead atoms. The van der Waals surface area contributed by atoms with Crippen LogP contribution in [0.3, 0.4) is 0 Å². The molecule has 0 unspecified atom stereocenters. The summed E-state index contributed by atoms with van der Waals surface area (Å²) in [6.45, 7) is 5.94. The summed E-state index contributed by atoms with van der Waals surface area (Å²) in [6, 6.07) is 1.21. The Morgan fingerprint density at radius 2 is 2.24 bits per heavy atom. The molecule has 0 aliphatic carbocycles. The number of pyridine rings is 1. The van der Waals surface area contributed by atoms with Crippen molar-refractivity contribution >= 4 is 28.8 Å². The lowest BCUT2D eigenvalue weighted by Gasteiger charge is -2.14. The lowest BCUT2D eigenvalue weighted by atomic mass is 10.2. The standard InChI is InChI=1S/C14H16ClN3O2S/c1-4-11(14-17-7(2)8(3)21-14)18-12(19)9-5-10(15)13(20)16-6-9/h5-6,11H,4H2,1-3H3,(H,16,20)(H,18,19)/t11-/m0/s1. The lowest BCUT2D eigenvalue weighted by Crippen LogP contribution is -2.28. The van der Waals surface area contributed by atoms with Crippen LogP contribution in [0.1, 0.15) is 45.3 Å². The van der Waals surface area contributed by atoms with Gasteiger partial charge in [-0.3, -0.25) is 9.59 Å². The number of rotatable bonds is 4. The van der Waals surface area contributed by atoms with E-state index in [4.69, 9.17) is 11.6 Å². The molecular formula is C14H16ClN3O2S. The van der Waals surface area contributed by atoms with Gasteiger partial charge in [0.25, 0.3) is 11.5 Å². The predicted octanol–water partition coefficient (Wildman–Crippen LogP) is 2.98. The van der Waals surface area contributed by atoms with E-state index in [-0.39, 0.29) is 17.0 Å². The molecule has 0 aliphatic rings. The lowest BCUT2D eigenvalue weighted by molar-refractivity contribution is 0.0935. The maximum absolute atomic E-state index is 12.2. The normalized spacial score (nSPS) is 12.2. The number of H-pyrrole nitrogens is 1. The van der Waals surface area contributed by atoms with Crippen molar-refractivity contribution in [2.24, 2.45) is 0 Å². The summed E-state index contributed by atoms with van der Waals surface area (Å²) in [5.74, 6) is -0.287. The van der Waals surface area contributed by atoms with Gasteiger partial charge in [0.05, 0.1) is 17.3 Å². The van der Waals surface area contributed by atoms with Gasteiger partial charge in [0.15, 0.2) is 0 Å². The van der Waals surface area contributed by atoms with Crippen molar-refractivity contribution in [1.29, 1.82) is 0 Å². The highest BCUT2D eigenvalue weighted by molar-refractivity contribution is 7.11. The second kappa shape index (κ2) is 6.41. The van der Waals surface area contributed by atoms with Crippen molar-refractivity contribution in [3.8, 4) is 0 Å². The molecule has 112 valence electrons. The first-order valence-electron chi connectivity index (χ1n) is 6.55. The van der Waals surface area contributed by atoms with E-state index in [1.54, 1.807) is 11.3 Å². The van der Waals surface area contributed by atoms with E-state index in [9.17, 15) is 9.59 Å². The summed E-state index contributed by atoms with van der Waals surface area (Å²) >= 11 is 7.32. The molecule has 0 saturated heterocycles. The van der Waals surface area contributed by atoms with Gasteiger partial charge < -0.3 is 10.3 Å². The number of nitrogens with zero attached hydrogens (tertiary/aromatic N) is 1. The van der Waals surface area contributed by atoms with Crippen LogP contribution < -0.4 is 10.9 Å². The van der Waals surface area contributed by atoms with Crippen LogP contribution in [0.15, 0.2) is 17.1 Å². The average Bonchev–Trinajstić information content (AvgIpc) is 2.78. The van der Waals surface area contributed by atoms with Crippen LogP contribution in [0.2, 0.25) is 5.02 Å². The second-order valence-electron chi connectivity index (χ2n) is 4.69. The Morgan fingerprint density at radius 3 is 2.76 bits per heavy atom. The molecule has 21 heavy (non-hydrogen) atoms. The van der Waals surface area contributed by atoms with Gasteiger partial charge in [-0.2, -0.15) is 0 Å². The Bertz CT molecular complexity index is 704. The van der Waals surface area contributed by atoms with Crippen molar-refractivity contribution in [2.45, 2.75) is 33.2 Å². The molecule has 0 radical (unpaired) electrons. The van der Waals surface area contributed by atoms with E-state index in [2.05, 4.69) is 15.3 Å². The molecule has 1 amide bonds. The van der Waals surface area contributed by atoms with Crippen molar-refractivity contribution < 1.29 is 4.79 Å². The van der Waals surface area contributed by atoms with Crippen molar-refractivity contribution in [1.82, 2.24) is 15.3 Å². The molecule has 0 spiro atoms. The third kappa shape index (κ3) is 3.51. The monoisotopic (exact) mass is 325 g/mol. The fourth-order valence-electron chi connectivity index (χ4n) is 1.81. The average molecular weight is 326 g/mol. The predicted molar refractivity (Wildman–Crippen MR) is 84.2 cm³/mol. The summed E-state index contributed by atoms with van der Waals surface area (Å²) < 4.78 is 0. The third-order valence-electron chi connectivity index (χ3n) is 3.18. The molecule has 5 nitrogen and oxygen atoms in total. The molecule has 2 heterocycles. The molecule has 2 N–H and O–H groups in total. The highest BCUT2D eigenvalue weighted by Crippen LogP contribution is 2.25. The maximum Gasteiger partial charge on any atom is 0.266 e. The number of aromatic amines is 1. The van der Waals surface area contributed by atoms with Gasteiger partial charge in [-0.1, -0.05) is 18.5 Å². The number of thiazole rings is 1. The van der Waals surface area contributed by atoms with Gasteiger partial charge in [0.1, 0.15) is 10.0 Å². The van der Waals surface area contributed by atoms with Gasteiger partial charge in [-0.05, 0) is 26.3 Å². The fraction of sp³-hybridized carbons (Fsp3) is 0.357. The van der Waals surface area contributed by atoms with E-state index < -0.39 is 5.56 Å². The van der Waals surface area contributed by atoms with Crippen LogP contribution in [0.5, 0.6) is 0 Å². The number of nitrogens with one attached hydrogen (secondary N) is 2. The molecule has 7 heteroatoms. The topological polar surface area (TPSA) is 74.8 Å². The minimum absolute atomic E-state index is 0.00311. The number of aromatic nitrogens is 2. The smallest absolute Gasteiger partial charge is 0.266 e. The third-order valence-corrected chi connectivity index (χ3v) is 4.64. The minimum Gasteiger partial charge on any atom is -0.343 e. The summed E-state index contributed by atoms with van der Waals surface area (Å²) in [5, 5.41) is 3.80. The first kappa shape index (κ1) is 15.7. The molecule has 0 saturated carbocycles. The zero-order valence-electron chi connectivity index (χ0n) is 12.0. The Morgan fingerprint density at radius 1 is 1.52 bits per heavy atom. The number of halogens is 1.